The van der Waals surface area contributed by atoms with E-state index < -0.39 is 35.6 Å². The van der Waals surface area contributed by atoms with E-state index in [4.69, 9.17) is 5.11 Å². The summed E-state index contributed by atoms with van der Waals surface area (Å²) in [4.78, 5) is 27.4. The molecule has 1 N–H and O–H groups in total. The van der Waals surface area contributed by atoms with Gasteiger partial charge in [-0.1, -0.05) is 6.07 Å². The fourth-order valence-corrected chi connectivity index (χ4v) is 2.27. The molecule has 8 heteroatoms. The maximum absolute atomic E-state index is 12.4. The van der Waals surface area contributed by atoms with Crippen molar-refractivity contribution in [3.05, 3.63) is 29.6 Å². The largest absolute Gasteiger partial charge is 0.481 e. The van der Waals surface area contributed by atoms with Crippen LogP contribution in [0.3, 0.4) is 0 Å². The Balaban J connectivity index is 2.31. The summed E-state index contributed by atoms with van der Waals surface area (Å²) in [5.74, 6) is -3.81. The van der Waals surface area contributed by atoms with E-state index >= 15 is 0 Å². The highest BCUT2D eigenvalue weighted by molar-refractivity contribution is 5.99. The molecule has 2 heterocycles. The van der Waals surface area contributed by atoms with Gasteiger partial charge in [-0.3, -0.25) is 14.6 Å². The second kappa shape index (κ2) is 4.77. The van der Waals surface area contributed by atoms with Crippen LogP contribution in [0.4, 0.5) is 13.2 Å². The Kier molecular flexibility index (Phi) is 3.41. The molecule has 0 spiro atoms. The molecule has 108 valence electrons. The van der Waals surface area contributed by atoms with Gasteiger partial charge in [0.25, 0.3) is 0 Å². The van der Waals surface area contributed by atoms with Crippen LogP contribution in [-0.4, -0.2) is 40.5 Å². The van der Waals surface area contributed by atoms with Gasteiger partial charge in [0.15, 0.2) is 0 Å². The third-order valence-electron chi connectivity index (χ3n) is 3.29. The molecule has 2 rings (SSSR count). The van der Waals surface area contributed by atoms with Gasteiger partial charge in [0.2, 0.25) is 5.91 Å². The summed E-state index contributed by atoms with van der Waals surface area (Å²) < 4.78 is 37.2. The number of pyridine rings is 1. The van der Waals surface area contributed by atoms with Crippen LogP contribution in [0.15, 0.2) is 18.3 Å². The first kappa shape index (κ1) is 14.3. The summed E-state index contributed by atoms with van der Waals surface area (Å²) in [5, 5.41) is 9.07. The van der Waals surface area contributed by atoms with Crippen LogP contribution in [0.25, 0.3) is 0 Å². The lowest BCUT2D eigenvalue weighted by molar-refractivity contribution is -0.148. The summed E-state index contributed by atoms with van der Waals surface area (Å²) in [5.41, 5.74) is -0.742. The number of likely N-dealkylation sites (tertiary alicyclic amines) is 1. The Morgan fingerprint density at radius 1 is 1.45 bits per heavy atom. The first-order chi connectivity index (χ1) is 9.21. The third-order valence-corrected chi connectivity index (χ3v) is 3.29. The van der Waals surface area contributed by atoms with E-state index in [-0.39, 0.29) is 6.54 Å². The highest BCUT2D eigenvalue weighted by Crippen LogP contribution is 2.34. The topological polar surface area (TPSA) is 70.5 Å². The number of carbonyl (C=O) groups is 2. The van der Waals surface area contributed by atoms with Crippen LogP contribution in [-0.2, 0) is 15.8 Å². The summed E-state index contributed by atoms with van der Waals surface area (Å²) in [7, 11) is 1.45. The van der Waals surface area contributed by atoms with Crippen LogP contribution in [0.2, 0.25) is 0 Å². The number of carbonyl (C=O) groups excluding carboxylic acids is 1. The van der Waals surface area contributed by atoms with Gasteiger partial charge in [0.05, 0.1) is 0 Å². The van der Waals surface area contributed by atoms with Crippen molar-refractivity contribution in [3.8, 4) is 0 Å². The summed E-state index contributed by atoms with van der Waals surface area (Å²) in [6.45, 7) is 0.142. The van der Waals surface area contributed by atoms with Gasteiger partial charge in [-0.05, 0) is 11.6 Å². The van der Waals surface area contributed by atoms with E-state index in [0.29, 0.717) is 5.56 Å². The van der Waals surface area contributed by atoms with E-state index in [1.807, 2.05) is 0 Å². The number of carboxylic acid groups (broad SMARTS) is 1. The lowest BCUT2D eigenvalue weighted by Gasteiger charge is -2.14. The second-order valence-electron chi connectivity index (χ2n) is 4.62. The Labute approximate surface area is 112 Å². The van der Waals surface area contributed by atoms with Crippen molar-refractivity contribution in [1.29, 1.82) is 0 Å². The summed E-state index contributed by atoms with van der Waals surface area (Å²) in [6.07, 6.45) is -3.57. The number of rotatable bonds is 2. The average molecular weight is 288 g/mol. The van der Waals surface area contributed by atoms with Gasteiger partial charge in [-0.15, -0.1) is 0 Å². The molecule has 0 unspecified atom stereocenters. The zero-order chi connectivity index (χ0) is 15.1. The monoisotopic (exact) mass is 288 g/mol. The van der Waals surface area contributed by atoms with Gasteiger partial charge in [-0.25, -0.2) is 0 Å². The van der Waals surface area contributed by atoms with Gasteiger partial charge < -0.3 is 10.0 Å². The van der Waals surface area contributed by atoms with Crippen LogP contribution < -0.4 is 0 Å². The number of alkyl halides is 3. The minimum atomic E-state index is -4.55. The minimum Gasteiger partial charge on any atom is -0.481 e. The third kappa shape index (κ3) is 2.45. The van der Waals surface area contributed by atoms with Crippen molar-refractivity contribution in [2.75, 3.05) is 13.6 Å². The van der Waals surface area contributed by atoms with Crippen molar-refractivity contribution in [2.24, 2.45) is 5.92 Å². The molecule has 5 nitrogen and oxygen atoms in total. The Hall–Kier alpha value is -2.12. The van der Waals surface area contributed by atoms with Crippen molar-refractivity contribution in [2.45, 2.75) is 12.1 Å². The smallest absolute Gasteiger partial charge is 0.433 e. The first-order valence-corrected chi connectivity index (χ1v) is 5.72. The first-order valence-electron chi connectivity index (χ1n) is 5.72. The van der Waals surface area contributed by atoms with Crippen molar-refractivity contribution < 1.29 is 27.9 Å². The Morgan fingerprint density at radius 2 is 2.10 bits per heavy atom. The molecular formula is C12H11F3N2O3. The average Bonchev–Trinajstić information content (AvgIpc) is 2.65. The number of hydrogen-bond acceptors (Lipinski definition) is 3. The molecule has 0 saturated carbocycles. The zero-order valence-corrected chi connectivity index (χ0v) is 10.4. The van der Waals surface area contributed by atoms with Crippen molar-refractivity contribution in [3.63, 3.8) is 0 Å². The van der Waals surface area contributed by atoms with Gasteiger partial charge in [-0.2, -0.15) is 13.2 Å². The van der Waals surface area contributed by atoms with Gasteiger partial charge >= 0.3 is 12.1 Å². The molecule has 1 aliphatic rings. The number of nitrogens with zero attached hydrogens (tertiary/aromatic N) is 2. The predicted octanol–water partition coefficient (Wildman–Crippen LogP) is 1.36. The molecule has 1 saturated heterocycles. The second-order valence-corrected chi connectivity index (χ2v) is 4.62. The molecule has 0 aliphatic carbocycles. The molecule has 0 bridgehead atoms. The molecule has 1 fully saturated rings. The van der Waals surface area contributed by atoms with E-state index in [9.17, 15) is 22.8 Å². The molecule has 1 aliphatic heterocycles. The van der Waals surface area contributed by atoms with Crippen LogP contribution in [0.1, 0.15) is 17.2 Å². The molecule has 0 aromatic carbocycles. The highest BCUT2D eigenvalue weighted by Gasteiger charge is 2.44. The predicted molar refractivity (Wildman–Crippen MR) is 60.7 cm³/mol. The number of likely N-dealkylation sites (N-methyl/N-ethyl adjacent to an activating group) is 1. The molecule has 1 amide bonds. The lowest BCUT2D eigenvalue weighted by Crippen LogP contribution is -2.28. The molecule has 0 radical (unpaired) electrons. The molecule has 1 aromatic heterocycles. The molecule has 20 heavy (non-hydrogen) atoms. The number of halogens is 3. The minimum absolute atomic E-state index is 0.142. The van der Waals surface area contributed by atoms with E-state index in [0.717, 1.165) is 12.3 Å². The standard InChI is InChI=1S/C12H11F3N2O3/c1-17-5-7(9(10(17)18)11(19)20)6-2-3-8(16-4-6)12(13,14)15/h2-4,7,9H,5H2,1H3,(H,19,20)/t7-,9-/m1/s1. The van der Waals surface area contributed by atoms with E-state index in [1.165, 1.54) is 18.0 Å². The fourth-order valence-electron chi connectivity index (χ4n) is 2.27. The number of aliphatic carboxylic acids is 1. The van der Waals surface area contributed by atoms with Crippen molar-refractivity contribution in [1.82, 2.24) is 9.88 Å². The number of amides is 1. The number of hydrogen-bond donors (Lipinski definition) is 1. The Bertz CT molecular complexity index is 542. The maximum atomic E-state index is 12.4. The highest BCUT2D eigenvalue weighted by atomic mass is 19.4. The molecular weight excluding hydrogens is 277 g/mol. The molecule has 1 aromatic rings. The Morgan fingerprint density at radius 3 is 2.55 bits per heavy atom. The summed E-state index contributed by atoms with van der Waals surface area (Å²) in [6, 6.07) is 1.96. The van der Waals surface area contributed by atoms with E-state index in [1.54, 1.807) is 0 Å². The fraction of sp³-hybridized carbons (Fsp3) is 0.417. The summed E-state index contributed by atoms with van der Waals surface area (Å²) >= 11 is 0. The van der Waals surface area contributed by atoms with Crippen LogP contribution in [0, 0.1) is 5.92 Å². The van der Waals surface area contributed by atoms with Crippen molar-refractivity contribution >= 4 is 11.9 Å². The quantitative estimate of drug-likeness (QED) is 0.834. The van der Waals surface area contributed by atoms with Crippen LogP contribution in [0.5, 0.6) is 0 Å². The van der Waals surface area contributed by atoms with E-state index in [2.05, 4.69) is 4.98 Å². The van der Waals surface area contributed by atoms with Gasteiger partial charge in [0.1, 0.15) is 11.6 Å². The SMILES string of the molecule is CN1C[C@H](c2ccc(C(F)(F)F)nc2)[C@@H](C(=O)O)C1=O. The normalized spacial score (nSPS) is 23.2. The molecule has 2 atom stereocenters. The maximum Gasteiger partial charge on any atom is 0.433 e. The van der Waals surface area contributed by atoms with Gasteiger partial charge in [0, 0.05) is 25.7 Å². The number of carboxylic acids is 1. The number of aromatic nitrogens is 1. The lowest BCUT2D eigenvalue weighted by atomic mass is 9.89. The zero-order valence-electron chi connectivity index (χ0n) is 10.4. The van der Waals surface area contributed by atoms with Crippen LogP contribution >= 0.6 is 0 Å².